The highest BCUT2D eigenvalue weighted by atomic mass is 32.2. The number of aromatic nitrogens is 2. The molecule has 4 heteroatoms. The van der Waals surface area contributed by atoms with Crippen LogP contribution in [0.15, 0.2) is 34.2 Å². The Morgan fingerprint density at radius 3 is 2.58 bits per heavy atom. The molecule has 3 nitrogen and oxygen atoms in total. The van der Waals surface area contributed by atoms with Gasteiger partial charge in [0.15, 0.2) is 0 Å². The maximum atomic E-state index is 4.57. The lowest BCUT2D eigenvalue weighted by Gasteiger charge is -2.08. The van der Waals surface area contributed by atoms with Gasteiger partial charge in [0.05, 0.1) is 0 Å². The van der Waals surface area contributed by atoms with E-state index in [1.54, 1.807) is 11.8 Å². The van der Waals surface area contributed by atoms with E-state index in [0.717, 1.165) is 23.1 Å². The second kappa shape index (κ2) is 6.06. The van der Waals surface area contributed by atoms with Crippen LogP contribution in [0.5, 0.6) is 0 Å². The van der Waals surface area contributed by atoms with Crippen LogP contribution in [0.25, 0.3) is 0 Å². The first-order valence-corrected chi connectivity index (χ1v) is 7.25. The highest BCUT2D eigenvalue weighted by molar-refractivity contribution is 7.99. The Morgan fingerprint density at radius 1 is 1.16 bits per heavy atom. The van der Waals surface area contributed by atoms with Gasteiger partial charge in [-0.1, -0.05) is 36.4 Å². The van der Waals surface area contributed by atoms with Crippen LogP contribution in [-0.4, -0.2) is 17.0 Å². The number of aryl methyl sites for hydroxylation is 3. The largest absolute Gasteiger partial charge is 0.373 e. The third-order valence-electron chi connectivity index (χ3n) is 2.87. The molecule has 0 unspecified atom stereocenters. The van der Waals surface area contributed by atoms with Crippen molar-refractivity contribution in [3.8, 4) is 0 Å². The molecular weight excluding hydrogens is 254 g/mol. The SMILES string of the molecule is CCc1nc(NC)cc(Sc2ccc(C)cc2C)n1. The van der Waals surface area contributed by atoms with E-state index in [4.69, 9.17) is 0 Å². The summed E-state index contributed by atoms with van der Waals surface area (Å²) >= 11 is 1.69. The average Bonchev–Trinajstić information content (AvgIpc) is 2.41. The van der Waals surface area contributed by atoms with Gasteiger partial charge < -0.3 is 5.32 Å². The summed E-state index contributed by atoms with van der Waals surface area (Å²) in [5.74, 6) is 1.75. The van der Waals surface area contributed by atoms with Crippen LogP contribution in [0.3, 0.4) is 0 Å². The maximum absolute atomic E-state index is 4.57. The molecule has 19 heavy (non-hydrogen) atoms. The van der Waals surface area contributed by atoms with Crippen LogP contribution in [-0.2, 0) is 6.42 Å². The molecule has 0 atom stereocenters. The topological polar surface area (TPSA) is 37.8 Å². The number of nitrogens with one attached hydrogen (secondary N) is 1. The van der Waals surface area contributed by atoms with Crippen molar-refractivity contribution in [1.29, 1.82) is 0 Å². The Morgan fingerprint density at radius 2 is 1.95 bits per heavy atom. The fraction of sp³-hybridized carbons (Fsp3) is 0.333. The van der Waals surface area contributed by atoms with Crippen molar-refractivity contribution in [1.82, 2.24) is 9.97 Å². The van der Waals surface area contributed by atoms with E-state index >= 15 is 0 Å². The van der Waals surface area contributed by atoms with E-state index in [2.05, 4.69) is 54.3 Å². The smallest absolute Gasteiger partial charge is 0.131 e. The number of hydrogen-bond acceptors (Lipinski definition) is 4. The summed E-state index contributed by atoms with van der Waals surface area (Å²) in [4.78, 5) is 10.2. The van der Waals surface area contributed by atoms with Gasteiger partial charge >= 0.3 is 0 Å². The van der Waals surface area contributed by atoms with Gasteiger partial charge in [-0.05, 0) is 25.5 Å². The minimum absolute atomic E-state index is 0.843. The van der Waals surface area contributed by atoms with Crippen LogP contribution in [0.2, 0.25) is 0 Å². The molecule has 1 N–H and O–H groups in total. The lowest BCUT2D eigenvalue weighted by molar-refractivity contribution is 0.891. The lowest BCUT2D eigenvalue weighted by atomic mass is 10.2. The fourth-order valence-electron chi connectivity index (χ4n) is 1.84. The molecule has 100 valence electrons. The van der Waals surface area contributed by atoms with E-state index in [-0.39, 0.29) is 0 Å². The Labute approximate surface area is 118 Å². The van der Waals surface area contributed by atoms with Gasteiger partial charge in [-0.25, -0.2) is 9.97 Å². The summed E-state index contributed by atoms with van der Waals surface area (Å²) in [6.07, 6.45) is 0.843. The van der Waals surface area contributed by atoms with Crippen molar-refractivity contribution in [3.05, 3.63) is 41.2 Å². The fourth-order valence-corrected chi connectivity index (χ4v) is 2.74. The van der Waals surface area contributed by atoms with Crippen molar-refractivity contribution in [3.63, 3.8) is 0 Å². The van der Waals surface area contributed by atoms with Gasteiger partial charge in [0.25, 0.3) is 0 Å². The molecule has 0 spiro atoms. The molecule has 1 aromatic heterocycles. The predicted molar refractivity (Wildman–Crippen MR) is 81.0 cm³/mol. The summed E-state index contributed by atoms with van der Waals surface area (Å²) in [5.41, 5.74) is 2.57. The van der Waals surface area contributed by atoms with Crippen molar-refractivity contribution < 1.29 is 0 Å². The Balaban J connectivity index is 2.31. The second-order valence-corrected chi connectivity index (χ2v) is 5.54. The molecule has 0 radical (unpaired) electrons. The highest BCUT2D eigenvalue weighted by Gasteiger charge is 2.06. The van der Waals surface area contributed by atoms with Crippen molar-refractivity contribution >= 4 is 17.6 Å². The van der Waals surface area contributed by atoms with Gasteiger partial charge in [0.1, 0.15) is 16.7 Å². The Kier molecular flexibility index (Phi) is 4.43. The van der Waals surface area contributed by atoms with E-state index in [1.165, 1.54) is 16.0 Å². The van der Waals surface area contributed by atoms with Gasteiger partial charge in [0.2, 0.25) is 0 Å². The molecule has 0 aliphatic carbocycles. The maximum Gasteiger partial charge on any atom is 0.131 e. The average molecular weight is 273 g/mol. The Hall–Kier alpha value is -1.55. The predicted octanol–water partition coefficient (Wildman–Crippen LogP) is 3.85. The molecule has 0 amide bonds. The normalized spacial score (nSPS) is 10.5. The van der Waals surface area contributed by atoms with Crippen molar-refractivity contribution in [2.45, 2.75) is 37.1 Å². The van der Waals surface area contributed by atoms with Gasteiger partial charge in [-0.3, -0.25) is 0 Å². The summed E-state index contributed by atoms with van der Waals surface area (Å²) in [7, 11) is 1.88. The third kappa shape index (κ3) is 3.47. The monoisotopic (exact) mass is 273 g/mol. The minimum Gasteiger partial charge on any atom is -0.373 e. The van der Waals surface area contributed by atoms with Crippen LogP contribution < -0.4 is 5.32 Å². The molecule has 0 saturated carbocycles. The van der Waals surface area contributed by atoms with Gasteiger partial charge in [0, 0.05) is 24.4 Å². The summed E-state index contributed by atoms with van der Waals surface area (Å²) in [6, 6.07) is 8.48. The molecular formula is C15H19N3S. The van der Waals surface area contributed by atoms with Crippen LogP contribution >= 0.6 is 11.8 Å². The number of nitrogens with zero attached hydrogens (tertiary/aromatic N) is 2. The van der Waals surface area contributed by atoms with Gasteiger partial charge in [-0.2, -0.15) is 0 Å². The first-order chi connectivity index (χ1) is 9.12. The molecule has 1 heterocycles. The van der Waals surface area contributed by atoms with Gasteiger partial charge in [-0.15, -0.1) is 0 Å². The van der Waals surface area contributed by atoms with Crippen molar-refractivity contribution in [2.75, 3.05) is 12.4 Å². The molecule has 1 aromatic carbocycles. The summed E-state index contributed by atoms with van der Waals surface area (Å²) in [6.45, 7) is 6.32. The molecule has 2 aromatic rings. The van der Waals surface area contributed by atoms with E-state index in [0.29, 0.717) is 0 Å². The zero-order chi connectivity index (χ0) is 13.8. The molecule has 0 fully saturated rings. The highest BCUT2D eigenvalue weighted by Crippen LogP contribution is 2.30. The number of benzene rings is 1. The van der Waals surface area contributed by atoms with E-state index in [9.17, 15) is 0 Å². The summed E-state index contributed by atoms with van der Waals surface area (Å²) in [5, 5.41) is 4.08. The zero-order valence-electron chi connectivity index (χ0n) is 11.8. The van der Waals surface area contributed by atoms with Crippen LogP contribution in [0, 0.1) is 13.8 Å². The Bertz CT molecular complexity index is 559. The van der Waals surface area contributed by atoms with Crippen molar-refractivity contribution in [2.24, 2.45) is 0 Å². The summed E-state index contributed by atoms with van der Waals surface area (Å²) < 4.78 is 0. The molecule has 0 bridgehead atoms. The number of hydrogen-bond donors (Lipinski definition) is 1. The van der Waals surface area contributed by atoms with Crippen LogP contribution in [0.1, 0.15) is 23.9 Å². The number of rotatable bonds is 4. The first-order valence-electron chi connectivity index (χ1n) is 6.43. The minimum atomic E-state index is 0.843. The quantitative estimate of drug-likeness (QED) is 0.859. The third-order valence-corrected chi connectivity index (χ3v) is 3.96. The van der Waals surface area contributed by atoms with E-state index < -0.39 is 0 Å². The lowest BCUT2D eigenvalue weighted by Crippen LogP contribution is -2.00. The second-order valence-electron chi connectivity index (χ2n) is 4.48. The standard InChI is InChI=1S/C15H19N3S/c1-5-13-17-14(16-4)9-15(18-13)19-12-7-6-10(2)8-11(12)3/h6-9H,5H2,1-4H3,(H,16,17,18). The molecule has 0 aliphatic rings. The van der Waals surface area contributed by atoms with E-state index in [1.807, 2.05) is 13.1 Å². The zero-order valence-corrected chi connectivity index (χ0v) is 12.6. The number of anilines is 1. The molecule has 0 aliphatic heterocycles. The molecule has 2 rings (SSSR count). The van der Waals surface area contributed by atoms with Crippen LogP contribution in [0.4, 0.5) is 5.82 Å². The molecule has 0 saturated heterocycles. The first kappa shape index (κ1) is 13.9.